The highest BCUT2D eigenvalue weighted by atomic mass is 79.9. The van der Waals surface area contributed by atoms with Crippen molar-refractivity contribution < 1.29 is 17.9 Å². The quantitative estimate of drug-likeness (QED) is 0.796. The molecule has 0 atom stereocenters. The number of ether oxygens (including phenoxy) is 1. The van der Waals surface area contributed by atoms with E-state index < -0.39 is 10.2 Å². The van der Waals surface area contributed by atoms with Crippen molar-refractivity contribution in [3.05, 3.63) is 45.9 Å². The summed E-state index contributed by atoms with van der Waals surface area (Å²) < 4.78 is 32.8. The Morgan fingerprint density at radius 1 is 1.12 bits per heavy atom. The monoisotopic (exact) mass is 439 g/mol. The molecular weight excluding hydrogens is 422 g/mol. The van der Waals surface area contributed by atoms with E-state index in [-0.39, 0.29) is 5.91 Å². The number of anilines is 3. The molecule has 3 rings (SSSR count). The SMILES string of the molecule is COc1ccc(Br)c(C(=O)Nc2cc3c(cc2C)N(C)S(=O)(=O)N3C)c1. The molecule has 0 saturated heterocycles. The highest BCUT2D eigenvalue weighted by Crippen LogP contribution is 2.42. The normalized spacial score (nSPS) is 15.0. The number of benzene rings is 2. The first-order chi connectivity index (χ1) is 12.2. The number of halogens is 1. The molecule has 0 unspecified atom stereocenters. The summed E-state index contributed by atoms with van der Waals surface area (Å²) >= 11 is 3.36. The third-order valence-electron chi connectivity index (χ3n) is 4.36. The van der Waals surface area contributed by atoms with E-state index in [1.807, 2.05) is 6.92 Å². The zero-order chi connectivity index (χ0) is 19.2. The topological polar surface area (TPSA) is 79.0 Å². The van der Waals surface area contributed by atoms with Gasteiger partial charge in [-0.3, -0.25) is 13.4 Å². The molecular formula is C17H18BrN3O4S. The number of hydrogen-bond acceptors (Lipinski definition) is 4. The van der Waals surface area contributed by atoms with Crippen LogP contribution in [0.25, 0.3) is 0 Å². The summed E-state index contributed by atoms with van der Waals surface area (Å²) in [4.78, 5) is 12.7. The van der Waals surface area contributed by atoms with Gasteiger partial charge in [0.25, 0.3) is 5.91 Å². The molecule has 1 aliphatic heterocycles. The molecule has 1 N–H and O–H groups in total. The number of carbonyl (C=O) groups excluding carboxylic acids is 1. The van der Waals surface area contributed by atoms with Gasteiger partial charge >= 0.3 is 10.2 Å². The van der Waals surface area contributed by atoms with Crippen molar-refractivity contribution in [1.82, 2.24) is 0 Å². The molecule has 0 bridgehead atoms. The summed E-state index contributed by atoms with van der Waals surface area (Å²) in [7, 11) is 0.953. The van der Waals surface area contributed by atoms with Crippen molar-refractivity contribution in [3.8, 4) is 5.75 Å². The third-order valence-corrected chi connectivity index (χ3v) is 6.83. The van der Waals surface area contributed by atoms with E-state index in [4.69, 9.17) is 4.74 Å². The molecule has 1 aliphatic rings. The van der Waals surface area contributed by atoms with E-state index in [0.29, 0.717) is 32.8 Å². The van der Waals surface area contributed by atoms with Crippen molar-refractivity contribution in [1.29, 1.82) is 0 Å². The number of amides is 1. The van der Waals surface area contributed by atoms with E-state index in [1.165, 1.54) is 29.8 Å². The Hall–Kier alpha value is -2.26. The predicted molar refractivity (Wildman–Crippen MR) is 106 cm³/mol. The first-order valence-electron chi connectivity index (χ1n) is 7.69. The van der Waals surface area contributed by atoms with Crippen LogP contribution < -0.4 is 18.7 Å². The van der Waals surface area contributed by atoms with Crippen molar-refractivity contribution in [2.75, 3.05) is 35.1 Å². The fourth-order valence-corrected chi connectivity index (χ4v) is 4.33. The predicted octanol–water partition coefficient (Wildman–Crippen LogP) is 3.15. The van der Waals surface area contributed by atoms with Crippen molar-refractivity contribution in [2.45, 2.75) is 6.92 Å². The summed E-state index contributed by atoms with van der Waals surface area (Å²) in [6, 6.07) is 8.52. The molecule has 0 spiro atoms. The molecule has 0 aromatic heterocycles. The Balaban J connectivity index is 1.98. The zero-order valence-electron chi connectivity index (χ0n) is 14.7. The van der Waals surface area contributed by atoms with E-state index in [1.54, 1.807) is 30.3 Å². The maximum absolute atomic E-state index is 12.7. The van der Waals surface area contributed by atoms with Crippen molar-refractivity contribution in [3.63, 3.8) is 0 Å². The molecule has 0 aliphatic carbocycles. The van der Waals surface area contributed by atoms with E-state index in [0.717, 1.165) is 5.56 Å². The Bertz CT molecular complexity index is 1010. The molecule has 1 heterocycles. The first-order valence-corrected chi connectivity index (χ1v) is 9.88. The van der Waals surface area contributed by atoms with Crippen LogP contribution in [0.2, 0.25) is 0 Å². The maximum atomic E-state index is 12.7. The van der Waals surface area contributed by atoms with Gasteiger partial charge in [-0.1, -0.05) is 0 Å². The second-order valence-corrected chi connectivity index (χ2v) is 8.74. The van der Waals surface area contributed by atoms with Crippen LogP contribution in [0.1, 0.15) is 15.9 Å². The summed E-state index contributed by atoms with van der Waals surface area (Å²) in [6.07, 6.45) is 0. The van der Waals surface area contributed by atoms with Gasteiger partial charge in [0.2, 0.25) is 0 Å². The average Bonchev–Trinajstić information content (AvgIpc) is 2.76. The van der Waals surface area contributed by atoms with Gasteiger partial charge in [-0.05, 0) is 58.7 Å². The van der Waals surface area contributed by atoms with Gasteiger partial charge in [0.1, 0.15) is 5.75 Å². The number of rotatable bonds is 3. The second kappa shape index (κ2) is 6.48. The Morgan fingerprint density at radius 3 is 2.35 bits per heavy atom. The lowest BCUT2D eigenvalue weighted by molar-refractivity contribution is 0.102. The molecule has 0 fully saturated rings. The number of aryl methyl sites for hydroxylation is 1. The Kier molecular flexibility index (Phi) is 4.61. The lowest BCUT2D eigenvalue weighted by Gasteiger charge is -2.14. The molecule has 2 aromatic rings. The lowest BCUT2D eigenvalue weighted by Crippen LogP contribution is -2.32. The molecule has 26 heavy (non-hydrogen) atoms. The maximum Gasteiger partial charge on any atom is 0.326 e. The second-order valence-electron chi connectivity index (χ2n) is 5.90. The fourth-order valence-electron chi connectivity index (χ4n) is 2.75. The van der Waals surface area contributed by atoms with Crippen molar-refractivity contribution >= 4 is 49.1 Å². The number of hydrogen-bond donors (Lipinski definition) is 1. The third kappa shape index (κ3) is 2.90. The van der Waals surface area contributed by atoms with Crippen LogP contribution in [0.5, 0.6) is 5.75 Å². The van der Waals surface area contributed by atoms with E-state index in [2.05, 4.69) is 21.2 Å². The van der Waals surface area contributed by atoms with Crippen LogP contribution in [0.3, 0.4) is 0 Å². The van der Waals surface area contributed by atoms with Crippen LogP contribution in [0.15, 0.2) is 34.8 Å². The largest absolute Gasteiger partial charge is 0.497 e. The van der Waals surface area contributed by atoms with Crippen LogP contribution in [-0.2, 0) is 10.2 Å². The molecule has 7 nitrogen and oxygen atoms in total. The molecule has 0 saturated carbocycles. The van der Waals surface area contributed by atoms with Crippen LogP contribution in [0, 0.1) is 6.92 Å². The Labute approximate surface area is 160 Å². The van der Waals surface area contributed by atoms with Crippen LogP contribution in [0.4, 0.5) is 17.1 Å². The number of nitrogens with zero attached hydrogens (tertiary/aromatic N) is 2. The van der Waals surface area contributed by atoms with Gasteiger partial charge in [-0.25, -0.2) is 0 Å². The van der Waals surface area contributed by atoms with Gasteiger partial charge < -0.3 is 10.1 Å². The number of carbonyl (C=O) groups is 1. The summed E-state index contributed by atoms with van der Waals surface area (Å²) in [5.74, 6) is 0.243. The highest BCUT2D eigenvalue weighted by Gasteiger charge is 2.36. The zero-order valence-corrected chi connectivity index (χ0v) is 17.1. The average molecular weight is 440 g/mol. The van der Waals surface area contributed by atoms with Gasteiger partial charge in [0, 0.05) is 24.3 Å². The highest BCUT2D eigenvalue weighted by molar-refractivity contribution is 9.10. The Morgan fingerprint density at radius 2 is 1.73 bits per heavy atom. The smallest absolute Gasteiger partial charge is 0.326 e. The minimum atomic E-state index is -3.56. The molecule has 9 heteroatoms. The lowest BCUT2D eigenvalue weighted by atomic mass is 10.1. The number of methoxy groups -OCH3 is 1. The van der Waals surface area contributed by atoms with Crippen molar-refractivity contribution in [2.24, 2.45) is 0 Å². The minimum Gasteiger partial charge on any atom is -0.497 e. The van der Waals surface area contributed by atoms with Gasteiger partial charge in [-0.15, -0.1) is 0 Å². The summed E-state index contributed by atoms with van der Waals surface area (Å²) in [5.41, 5.74) is 2.81. The number of nitrogens with one attached hydrogen (secondary N) is 1. The van der Waals surface area contributed by atoms with Gasteiger partial charge in [0.15, 0.2) is 0 Å². The van der Waals surface area contributed by atoms with Crippen LogP contribution >= 0.6 is 15.9 Å². The van der Waals surface area contributed by atoms with E-state index >= 15 is 0 Å². The van der Waals surface area contributed by atoms with Gasteiger partial charge in [-0.2, -0.15) is 8.42 Å². The van der Waals surface area contributed by atoms with Gasteiger partial charge in [0.05, 0.1) is 24.0 Å². The molecule has 2 aromatic carbocycles. The summed E-state index contributed by atoms with van der Waals surface area (Å²) in [5, 5.41) is 2.85. The summed E-state index contributed by atoms with van der Waals surface area (Å²) in [6.45, 7) is 1.81. The first kappa shape index (κ1) is 18.5. The van der Waals surface area contributed by atoms with Crippen LogP contribution in [-0.4, -0.2) is 35.5 Å². The van der Waals surface area contributed by atoms with E-state index in [9.17, 15) is 13.2 Å². The molecule has 138 valence electrons. The molecule has 1 amide bonds. The fraction of sp³-hybridized carbons (Fsp3) is 0.235. The number of fused-ring (bicyclic) bond motifs is 1. The molecule has 0 radical (unpaired) electrons. The standard InChI is InChI=1S/C17H18BrN3O4S/c1-10-7-15-16(21(3)26(23,24)20(15)2)9-14(10)19-17(22)12-8-11(25-4)5-6-13(12)18/h5-9H,1-4H3,(H,19,22). The minimum absolute atomic E-state index is 0.323.